The van der Waals surface area contributed by atoms with Crippen LogP contribution in [0.3, 0.4) is 0 Å². The van der Waals surface area contributed by atoms with Gasteiger partial charge in [-0.15, -0.1) is 0 Å². The average molecular weight is 413 g/mol. The summed E-state index contributed by atoms with van der Waals surface area (Å²) in [5, 5.41) is 3.49. The van der Waals surface area contributed by atoms with Gasteiger partial charge in [-0.25, -0.2) is 0 Å². The van der Waals surface area contributed by atoms with Crippen molar-refractivity contribution in [1.82, 2.24) is 5.32 Å². The van der Waals surface area contributed by atoms with E-state index < -0.39 is 0 Å². The van der Waals surface area contributed by atoms with Crippen LogP contribution in [0.4, 0.5) is 0 Å². The zero-order chi connectivity index (χ0) is 15.2. The van der Waals surface area contributed by atoms with Crippen LogP contribution < -0.4 is 10.1 Å². The minimum absolute atomic E-state index is 0.319. The van der Waals surface area contributed by atoms with Crippen LogP contribution in [0.5, 0.6) is 11.5 Å². The van der Waals surface area contributed by atoms with E-state index in [1.54, 1.807) is 0 Å². The highest BCUT2D eigenvalue weighted by molar-refractivity contribution is 9.10. The second-order valence-corrected chi connectivity index (χ2v) is 6.69. The molecule has 0 fully saturated rings. The smallest absolute Gasteiger partial charge is 0.128 e. The number of hydrogen-bond donors (Lipinski definition) is 1. The van der Waals surface area contributed by atoms with Crippen LogP contribution in [-0.4, -0.2) is 6.54 Å². The average Bonchev–Trinajstić information content (AvgIpc) is 2.45. The number of ether oxygens (including phenoxy) is 1. The number of halogens is 2. The molecular formula is C17H19Br2NO. The molecular weight excluding hydrogens is 394 g/mol. The Morgan fingerprint density at radius 3 is 2.52 bits per heavy atom. The Labute approximate surface area is 143 Å². The van der Waals surface area contributed by atoms with E-state index in [1.807, 2.05) is 36.4 Å². The van der Waals surface area contributed by atoms with Gasteiger partial charge in [-0.1, -0.05) is 50.9 Å². The van der Waals surface area contributed by atoms with Gasteiger partial charge in [-0.05, 0) is 55.8 Å². The van der Waals surface area contributed by atoms with Gasteiger partial charge in [0.25, 0.3) is 0 Å². The zero-order valence-corrected chi connectivity index (χ0v) is 15.4. The van der Waals surface area contributed by atoms with E-state index >= 15 is 0 Å². The van der Waals surface area contributed by atoms with Crippen LogP contribution in [-0.2, 0) is 0 Å². The summed E-state index contributed by atoms with van der Waals surface area (Å²) in [5.41, 5.74) is 1.24. The van der Waals surface area contributed by atoms with Gasteiger partial charge in [0.1, 0.15) is 11.5 Å². The molecule has 2 rings (SSSR count). The molecule has 0 amide bonds. The van der Waals surface area contributed by atoms with Gasteiger partial charge < -0.3 is 10.1 Å². The van der Waals surface area contributed by atoms with Crippen molar-refractivity contribution in [2.75, 3.05) is 6.54 Å². The maximum absolute atomic E-state index is 5.88. The fraction of sp³-hybridized carbons (Fsp3) is 0.294. The lowest BCUT2D eigenvalue weighted by atomic mass is 10.1. The fourth-order valence-electron chi connectivity index (χ4n) is 2.06. The summed E-state index contributed by atoms with van der Waals surface area (Å²) >= 11 is 7.09. The van der Waals surface area contributed by atoms with Gasteiger partial charge in [0.05, 0.1) is 0 Å². The van der Waals surface area contributed by atoms with Crippen molar-refractivity contribution in [3.05, 3.63) is 57.0 Å². The van der Waals surface area contributed by atoms with Crippen molar-refractivity contribution in [1.29, 1.82) is 0 Å². The lowest BCUT2D eigenvalue weighted by Crippen LogP contribution is -2.19. The fourth-order valence-corrected chi connectivity index (χ4v) is 3.14. The molecule has 1 atom stereocenters. The van der Waals surface area contributed by atoms with E-state index in [4.69, 9.17) is 4.74 Å². The molecule has 2 aromatic carbocycles. The monoisotopic (exact) mass is 411 g/mol. The summed E-state index contributed by atoms with van der Waals surface area (Å²) < 4.78 is 7.94. The molecule has 2 aromatic rings. The van der Waals surface area contributed by atoms with E-state index in [0.29, 0.717) is 6.04 Å². The predicted octanol–water partition coefficient (Wildman–Crippen LogP) is 6.06. The van der Waals surface area contributed by atoms with Crippen LogP contribution in [0.2, 0.25) is 0 Å². The lowest BCUT2D eigenvalue weighted by molar-refractivity contribution is 0.481. The quantitative estimate of drug-likeness (QED) is 0.622. The SMILES string of the molecule is CCCNC(C)c1ccc(Oc2cccc(Br)c2)cc1Br. The third-order valence-corrected chi connectivity index (χ3v) is 4.35. The van der Waals surface area contributed by atoms with Crippen LogP contribution >= 0.6 is 31.9 Å². The van der Waals surface area contributed by atoms with Crippen molar-refractivity contribution in [3.63, 3.8) is 0 Å². The Hall–Kier alpha value is -0.840. The molecule has 0 aliphatic carbocycles. The largest absolute Gasteiger partial charge is 0.457 e. The van der Waals surface area contributed by atoms with Crippen LogP contribution in [0.1, 0.15) is 31.9 Å². The summed E-state index contributed by atoms with van der Waals surface area (Å²) in [5.74, 6) is 1.65. The van der Waals surface area contributed by atoms with E-state index in [-0.39, 0.29) is 0 Å². The molecule has 0 saturated carbocycles. The summed E-state index contributed by atoms with van der Waals surface area (Å²) in [7, 11) is 0. The highest BCUT2D eigenvalue weighted by Crippen LogP contribution is 2.31. The molecule has 0 bridgehead atoms. The van der Waals surface area contributed by atoms with Gasteiger partial charge in [0, 0.05) is 15.0 Å². The van der Waals surface area contributed by atoms with Crippen molar-refractivity contribution in [2.24, 2.45) is 0 Å². The molecule has 2 nitrogen and oxygen atoms in total. The highest BCUT2D eigenvalue weighted by Gasteiger charge is 2.10. The predicted molar refractivity (Wildman–Crippen MR) is 95.1 cm³/mol. The molecule has 0 aliphatic heterocycles. The minimum atomic E-state index is 0.319. The molecule has 1 unspecified atom stereocenters. The first-order valence-electron chi connectivity index (χ1n) is 7.06. The number of rotatable bonds is 6. The second-order valence-electron chi connectivity index (χ2n) is 4.92. The number of nitrogens with one attached hydrogen (secondary N) is 1. The van der Waals surface area contributed by atoms with Crippen LogP contribution in [0.15, 0.2) is 51.4 Å². The van der Waals surface area contributed by atoms with Crippen molar-refractivity contribution in [3.8, 4) is 11.5 Å². The van der Waals surface area contributed by atoms with E-state index in [9.17, 15) is 0 Å². The van der Waals surface area contributed by atoms with E-state index in [1.165, 1.54) is 5.56 Å². The highest BCUT2D eigenvalue weighted by atomic mass is 79.9. The first-order valence-corrected chi connectivity index (χ1v) is 8.65. The van der Waals surface area contributed by atoms with Gasteiger partial charge in [-0.3, -0.25) is 0 Å². The molecule has 21 heavy (non-hydrogen) atoms. The Balaban J connectivity index is 2.11. The summed E-state index contributed by atoms with van der Waals surface area (Å²) in [6, 6.07) is 14.3. The second kappa shape index (κ2) is 7.97. The van der Waals surface area contributed by atoms with Crippen LogP contribution in [0, 0.1) is 0 Å². The molecule has 4 heteroatoms. The first-order chi connectivity index (χ1) is 10.1. The molecule has 1 N–H and O–H groups in total. The topological polar surface area (TPSA) is 21.3 Å². The molecule has 0 spiro atoms. The normalized spacial score (nSPS) is 12.2. The Morgan fingerprint density at radius 1 is 1.10 bits per heavy atom. The van der Waals surface area contributed by atoms with Gasteiger partial charge in [0.15, 0.2) is 0 Å². The lowest BCUT2D eigenvalue weighted by Gasteiger charge is -2.16. The van der Waals surface area contributed by atoms with Crippen LogP contribution in [0.25, 0.3) is 0 Å². The van der Waals surface area contributed by atoms with Gasteiger partial charge in [-0.2, -0.15) is 0 Å². The minimum Gasteiger partial charge on any atom is -0.457 e. The molecule has 0 aromatic heterocycles. The van der Waals surface area contributed by atoms with Crippen molar-refractivity contribution < 1.29 is 4.74 Å². The van der Waals surface area contributed by atoms with Crippen molar-refractivity contribution in [2.45, 2.75) is 26.3 Å². The Kier molecular flexibility index (Phi) is 6.27. The first kappa shape index (κ1) is 16.5. The molecule has 0 saturated heterocycles. The van der Waals surface area contributed by atoms with E-state index in [2.05, 4.69) is 57.1 Å². The summed E-state index contributed by atoms with van der Waals surface area (Å²) in [6.45, 7) is 5.36. The third-order valence-electron chi connectivity index (χ3n) is 3.17. The Morgan fingerprint density at radius 2 is 1.86 bits per heavy atom. The molecule has 112 valence electrons. The number of hydrogen-bond acceptors (Lipinski definition) is 2. The Bertz CT molecular complexity index is 601. The molecule has 0 heterocycles. The molecule has 0 aliphatic rings. The third kappa shape index (κ3) is 4.83. The van der Waals surface area contributed by atoms with Gasteiger partial charge >= 0.3 is 0 Å². The standard InChI is InChI=1S/C17H19Br2NO/c1-3-9-20-12(2)16-8-7-15(11-17(16)19)21-14-6-4-5-13(18)10-14/h4-8,10-12,20H,3,9H2,1-2H3. The van der Waals surface area contributed by atoms with E-state index in [0.717, 1.165) is 33.4 Å². The van der Waals surface area contributed by atoms with Crippen molar-refractivity contribution >= 4 is 31.9 Å². The van der Waals surface area contributed by atoms with Gasteiger partial charge in [0.2, 0.25) is 0 Å². The maximum Gasteiger partial charge on any atom is 0.128 e. The number of benzene rings is 2. The molecule has 0 radical (unpaired) electrons. The summed E-state index contributed by atoms with van der Waals surface area (Å²) in [6.07, 6.45) is 1.13. The zero-order valence-electron chi connectivity index (χ0n) is 12.2. The maximum atomic E-state index is 5.88. The summed E-state index contributed by atoms with van der Waals surface area (Å²) in [4.78, 5) is 0.